The van der Waals surface area contributed by atoms with E-state index in [9.17, 15) is 0 Å². The van der Waals surface area contributed by atoms with Crippen molar-refractivity contribution >= 4 is 29.6 Å². The van der Waals surface area contributed by atoms with E-state index in [1.165, 1.54) is 12.8 Å². The molecule has 0 radical (unpaired) electrons. The Morgan fingerprint density at radius 2 is 2.22 bits per heavy atom. The molecule has 1 fully saturated rings. The third-order valence-electron chi connectivity index (χ3n) is 1.56. The van der Waals surface area contributed by atoms with E-state index >= 15 is 0 Å². The lowest BCUT2D eigenvalue weighted by Gasteiger charge is -2.32. The molecule has 0 amide bonds. The summed E-state index contributed by atoms with van der Waals surface area (Å²) in [6.45, 7) is 1.76. The second kappa shape index (κ2) is 3.21. The minimum Gasteiger partial charge on any atom is -0.437 e. The van der Waals surface area contributed by atoms with E-state index in [0.717, 1.165) is 3.92 Å². The van der Waals surface area contributed by atoms with Gasteiger partial charge in [0.15, 0.2) is 0 Å². The average Bonchev–Trinajstić information content (AvgIpc) is 1.60. The fourth-order valence-electron chi connectivity index (χ4n) is 1.03. The summed E-state index contributed by atoms with van der Waals surface area (Å²) in [5.74, 6) is 0. The van der Waals surface area contributed by atoms with Gasteiger partial charge in [-0.3, -0.25) is 0 Å². The maximum atomic E-state index is 8.86. The molecule has 0 aliphatic heterocycles. The molecule has 2 N–H and O–H groups in total. The molecule has 0 atom stereocenters. The van der Waals surface area contributed by atoms with Crippen LogP contribution in [0.15, 0.2) is 0 Å². The van der Waals surface area contributed by atoms with Crippen molar-refractivity contribution in [3.05, 3.63) is 0 Å². The van der Waals surface area contributed by atoms with Gasteiger partial charge in [0.25, 0.3) is 0 Å². The van der Waals surface area contributed by atoms with Crippen molar-refractivity contribution in [3.63, 3.8) is 0 Å². The third-order valence-corrected chi connectivity index (χ3v) is 2.57. The molecule has 0 spiro atoms. The van der Waals surface area contributed by atoms with Crippen LogP contribution >= 0.6 is 22.6 Å². The number of nitrogens with one attached hydrogen (secondary N) is 1. The van der Waals surface area contributed by atoms with Gasteiger partial charge in [-0.15, -0.1) is 0 Å². The van der Waals surface area contributed by atoms with Crippen molar-refractivity contribution in [2.24, 2.45) is 0 Å². The molecule has 1 aliphatic rings. The van der Waals surface area contributed by atoms with Crippen LogP contribution in [0, 0.1) is 0 Å². The molecule has 52 valence electrons. The summed E-state index contributed by atoms with van der Waals surface area (Å²) in [6, 6.07) is 0.576. The Kier molecular flexibility index (Phi) is 2.79. The molecule has 0 heterocycles. The maximum absolute atomic E-state index is 8.86. The minimum atomic E-state index is -0.334. The Hall–Kier alpha value is 0.715. The molecular weight excluding hydrogens is 228 g/mol. The van der Waals surface area contributed by atoms with Crippen LogP contribution in [0.3, 0.4) is 0 Å². The van der Waals surface area contributed by atoms with Crippen molar-refractivity contribution < 1.29 is 5.02 Å². The molecule has 0 saturated heterocycles. The lowest BCUT2D eigenvalue weighted by Crippen LogP contribution is -2.47. The van der Waals surface area contributed by atoms with Gasteiger partial charge in [0, 0.05) is 9.97 Å². The van der Waals surface area contributed by atoms with Crippen LogP contribution in [-0.2, 0) is 0 Å². The van der Waals surface area contributed by atoms with Crippen LogP contribution < -0.4 is 5.23 Å². The third kappa shape index (κ3) is 2.43. The van der Waals surface area contributed by atoms with Crippen LogP contribution in [0.2, 0.25) is 6.82 Å². The second-order valence-electron chi connectivity index (χ2n) is 2.61. The van der Waals surface area contributed by atoms with E-state index in [1.807, 2.05) is 0 Å². The van der Waals surface area contributed by atoms with Gasteiger partial charge in [-0.1, -0.05) is 22.6 Å². The molecule has 1 saturated carbocycles. The molecule has 1 rings (SSSR count). The van der Waals surface area contributed by atoms with Gasteiger partial charge in [0.1, 0.15) is 0 Å². The van der Waals surface area contributed by atoms with E-state index in [-0.39, 0.29) is 7.05 Å². The summed E-state index contributed by atoms with van der Waals surface area (Å²) in [4.78, 5) is 0. The van der Waals surface area contributed by atoms with Gasteiger partial charge in [-0.05, 0) is 19.7 Å². The topological polar surface area (TPSA) is 32.3 Å². The first-order valence-electron chi connectivity index (χ1n) is 3.26. The fraction of sp³-hybridized carbons (Fsp3) is 1.00. The van der Waals surface area contributed by atoms with Crippen LogP contribution in [0.5, 0.6) is 0 Å². The van der Waals surface area contributed by atoms with Crippen molar-refractivity contribution in [2.45, 2.75) is 29.6 Å². The molecule has 2 nitrogen and oxygen atoms in total. The smallest absolute Gasteiger partial charge is 0.373 e. The zero-order valence-corrected chi connectivity index (χ0v) is 7.63. The minimum absolute atomic E-state index is 0.334. The highest BCUT2D eigenvalue weighted by atomic mass is 127. The zero-order chi connectivity index (χ0) is 6.85. The largest absolute Gasteiger partial charge is 0.437 e. The predicted molar refractivity (Wildman–Crippen MR) is 47.8 cm³/mol. The Morgan fingerprint density at radius 1 is 1.67 bits per heavy atom. The number of halogens is 1. The molecule has 0 unspecified atom stereocenters. The van der Waals surface area contributed by atoms with Gasteiger partial charge in [0.2, 0.25) is 0 Å². The van der Waals surface area contributed by atoms with Crippen LogP contribution in [-0.4, -0.2) is 22.0 Å². The monoisotopic (exact) mass is 239 g/mol. The molecular formula is C5H11BINO. The van der Waals surface area contributed by atoms with E-state index in [4.69, 9.17) is 5.02 Å². The average molecular weight is 239 g/mol. The van der Waals surface area contributed by atoms with Crippen molar-refractivity contribution in [1.29, 1.82) is 0 Å². The van der Waals surface area contributed by atoms with E-state index < -0.39 is 0 Å². The van der Waals surface area contributed by atoms with Crippen LogP contribution in [0.4, 0.5) is 0 Å². The van der Waals surface area contributed by atoms with Gasteiger partial charge in [-0.25, -0.2) is 0 Å². The van der Waals surface area contributed by atoms with Crippen LogP contribution in [0.1, 0.15) is 12.8 Å². The van der Waals surface area contributed by atoms with Gasteiger partial charge >= 0.3 is 7.05 Å². The summed E-state index contributed by atoms with van der Waals surface area (Å²) in [5.41, 5.74) is 0. The van der Waals surface area contributed by atoms with Crippen molar-refractivity contribution in [3.8, 4) is 0 Å². The standard InChI is InChI=1S/C5H11BINO/c1-6(9)8-5-2-4(7)3-5/h4-5,8-9H,2-3H2,1H3. The molecule has 0 aromatic carbocycles. The zero-order valence-electron chi connectivity index (χ0n) is 5.47. The van der Waals surface area contributed by atoms with Crippen LogP contribution in [0.25, 0.3) is 0 Å². The number of hydrogen-bond donors (Lipinski definition) is 2. The van der Waals surface area contributed by atoms with Gasteiger partial charge in [0.05, 0.1) is 0 Å². The SMILES string of the molecule is CB(O)NC1CC(I)C1. The Morgan fingerprint density at radius 3 is 2.56 bits per heavy atom. The summed E-state index contributed by atoms with van der Waals surface area (Å²) in [7, 11) is -0.334. The maximum Gasteiger partial charge on any atom is 0.373 e. The highest BCUT2D eigenvalue weighted by Gasteiger charge is 2.27. The molecule has 0 aromatic heterocycles. The first-order chi connectivity index (χ1) is 4.18. The summed E-state index contributed by atoms with van der Waals surface area (Å²) < 4.78 is 0.832. The van der Waals surface area contributed by atoms with E-state index in [2.05, 4.69) is 27.8 Å². The Labute approximate surface area is 69.7 Å². The second-order valence-corrected chi connectivity index (χ2v) is 4.37. The molecule has 9 heavy (non-hydrogen) atoms. The predicted octanol–water partition coefficient (Wildman–Crippen LogP) is 0.652. The molecule has 0 aromatic rings. The normalized spacial score (nSPS) is 33.7. The van der Waals surface area contributed by atoms with Crippen molar-refractivity contribution in [2.75, 3.05) is 0 Å². The highest BCUT2D eigenvalue weighted by molar-refractivity contribution is 14.1. The number of rotatable bonds is 2. The lowest BCUT2D eigenvalue weighted by atomic mass is 9.82. The van der Waals surface area contributed by atoms with Gasteiger partial charge < -0.3 is 10.3 Å². The summed E-state index contributed by atoms with van der Waals surface area (Å²) >= 11 is 2.43. The quantitative estimate of drug-likeness (QED) is 0.421. The number of hydrogen-bond acceptors (Lipinski definition) is 2. The highest BCUT2D eigenvalue weighted by Crippen LogP contribution is 2.27. The molecule has 0 bridgehead atoms. The van der Waals surface area contributed by atoms with E-state index in [1.54, 1.807) is 6.82 Å². The summed E-state index contributed by atoms with van der Waals surface area (Å²) in [5, 5.41) is 11.9. The first kappa shape index (κ1) is 7.82. The summed E-state index contributed by atoms with van der Waals surface area (Å²) in [6.07, 6.45) is 2.43. The number of alkyl halides is 1. The fourth-order valence-corrected chi connectivity index (χ4v) is 2.25. The molecule has 1 aliphatic carbocycles. The van der Waals surface area contributed by atoms with Crippen molar-refractivity contribution in [1.82, 2.24) is 5.23 Å². The Balaban J connectivity index is 2.04. The molecule has 4 heteroatoms. The first-order valence-corrected chi connectivity index (χ1v) is 4.51. The Bertz CT molecular complexity index is 95.0. The van der Waals surface area contributed by atoms with Gasteiger partial charge in [-0.2, -0.15) is 0 Å². The lowest BCUT2D eigenvalue weighted by molar-refractivity contribution is 0.392. The van der Waals surface area contributed by atoms with E-state index in [0.29, 0.717) is 6.04 Å².